The van der Waals surface area contributed by atoms with Crippen LogP contribution in [0.1, 0.15) is 27.6 Å². The van der Waals surface area contributed by atoms with Crippen LogP contribution in [0.3, 0.4) is 0 Å². The normalized spacial score (nSPS) is 19.3. The van der Waals surface area contributed by atoms with Gasteiger partial charge in [-0.3, -0.25) is 9.79 Å². The van der Waals surface area contributed by atoms with Crippen LogP contribution in [0.4, 0.5) is 0 Å². The lowest BCUT2D eigenvalue weighted by atomic mass is 10.1. The summed E-state index contributed by atoms with van der Waals surface area (Å²) in [5, 5.41) is 2.85. The molecule has 0 aromatic rings. The summed E-state index contributed by atoms with van der Waals surface area (Å²) in [7, 11) is 0. The first-order chi connectivity index (χ1) is 6.33. The predicted octanol–water partition coefficient (Wildman–Crippen LogP) is 1.75. The molecule has 0 bridgehead atoms. The van der Waals surface area contributed by atoms with Crippen LogP contribution < -0.4 is 5.32 Å². The quantitative estimate of drug-likeness (QED) is 0.647. The Morgan fingerprint density at radius 1 is 1.69 bits per heavy atom. The monoisotopic (exact) mass is 182 g/mol. The van der Waals surface area contributed by atoms with E-state index in [1.807, 2.05) is 19.3 Å². The smallest absolute Gasteiger partial charge is 0.219 e. The Labute approximate surface area is 80.4 Å². The molecule has 1 N–H and O–H groups in total. The molecule has 0 aliphatic carbocycles. The van der Waals surface area contributed by atoms with Crippen molar-refractivity contribution in [2.24, 2.45) is 10.9 Å². The van der Waals surface area contributed by atoms with Gasteiger partial charge in [0, 0.05) is 32.7 Å². The zero-order chi connectivity index (χ0) is 9.52. The summed E-state index contributed by atoms with van der Waals surface area (Å²) >= 11 is 0. The highest BCUT2D eigenvalue weighted by Gasteiger charge is 2.04. The maximum absolute atomic E-state index is 10.9. The molecule has 0 fully saturated rings. The molecule has 0 saturated carbocycles. The summed E-state index contributed by atoms with van der Waals surface area (Å²) in [6.07, 6.45) is 8.53. The first-order valence-corrected chi connectivity index (χ1v) is 4.79. The molecule has 3 heteroatoms. The Hall–Kier alpha value is -1.12. The van der Waals surface area contributed by atoms with Gasteiger partial charge in [0.15, 0.2) is 0 Å². The Balaban J connectivity index is 0.00000169. The van der Waals surface area contributed by atoms with Gasteiger partial charge >= 0.3 is 0 Å². The van der Waals surface area contributed by atoms with Gasteiger partial charge in [-0.05, 0) is 12.8 Å². The number of carbonyl (C=O) groups is 1. The minimum absolute atomic E-state index is 0. The van der Waals surface area contributed by atoms with E-state index in [0.717, 1.165) is 19.4 Å². The van der Waals surface area contributed by atoms with Crippen LogP contribution in [0.25, 0.3) is 0 Å². The summed E-state index contributed by atoms with van der Waals surface area (Å²) in [4.78, 5) is 14.9. The highest BCUT2D eigenvalue weighted by molar-refractivity contribution is 5.75. The highest BCUT2D eigenvalue weighted by Crippen LogP contribution is 2.09. The molecule has 1 heterocycles. The molecule has 1 amide bonds. The van der Waals surface area contributed by atoms with Crippen molar-refractivity contribution in [3.8, 4) is 0 Å². The van der Waals surface area contributed by atoms with E-state index in [1.54, 1.807) is 0 Å². The van der Waals surface area contributed by atoms with Gasteiger partial charge in [0.1, 0.15) is 0 Å². The Morgan fingerprint density at radius 3 is 3.15 bits per heavy atom. The molecular weight excluding hydrogens is 164 g/mol. The second kappa shape index (κ2) is 5.51. The molecule has 0 aromatic carbocycles. The van der Waals surface area contributed by atoms with Crippen molar-refractivity contribution in [3.05, 3.63) is 12.3 Å². The fraction of sp³-hybridized carbons (Fsp3) is 0.600. The molecule has 0 radical (unpaired) electrons. The highest BCUT2D eigenvalue weighted by atomic mass is 16.1. The summed E-state index contributed by atoms with van der Waals surface area (Å²) in [6.45, 7) is 2.65. The maximum Gasteiger partial charge on any atom is 0.219 e. The number of allylic oxidation sites excluding steroid dienone is 1. The maximum atomic E-state index is 10.9. The lowest BCUT2D eigenvalue weighted by molar-refractivity contribution is -0.120. The molecule has 1 rings (SSSR count). The average molecular weight is 182 g/mol. The molecule has 0 saturated heterocycles. The number of carbonyl (C=O) groups excluding carboxylic acids is 1. The lowest BCUT2D eigenvalue weighted by Gasteiger charge is -2.04. The Kier molecular flexibility index (Phi) is 4.23. The fourth-order valence-corrected chi connectivity index (χ4v) is 1.23. The molecule has 1 aliphatic heterocycles. The van der Waals surface area contributed by atoms with Crippen LogP contribution >= 0.6 is 0 Å². The van der Waals surface area contributed by atoms with Gasteiger partial charge in [-0.15, -0.1) is 0 Å². The van der Waals surface area contributed by atoms with E-state index in [-0.39, 0.29) is 7.33 Å². The van der Waals surface area contributed by atoms with Crippen molar-refractivity contribution in [1.29, 1.82) is 0 Å². The third-order valence-electron chi connectivity index (χ3n) is 2.05. The number of nitrogens with one attached hydrogen (secondary N) is 1. The van der Waals surface area contributed by atoms with Gasteiger partial charge in [0.25, 0.3) is 0 Å². The molecule has 3 nitrogen and oxygen atoms in total. The SMILES string of the molecule is CCC(=O)NCCCC1C=CN=C1.[HH]. The standard InChI is InChI=1S/C10H16N2O.H2/c1-2-10(13)12-6-3-4-9-5-7-11-8-9;/h5,7-9H,2-4,6H2,1H3,(H,12,13);1H. The average Bonchev–Trinajstić information content (AvgIpc) is 2.64. The van der Waals surface area contributed by atoms with Crippen molar-refractivity contribution in [2.75, 3.05) is 6.54 Å². The second-order valence-corrected chi connectivity index (χ2v) is 3.15. The molecule has 0 spiro atoms. The molecular formula is C10H18N2O. The second-order valence-electron chi connectivity index (χ2n) is 3.15. The first kappa shape index (κ1) is 9.96. The van der Waals surface area contributed by atoms with E-state index in [0.29, 0.717) is 12.3 Å². The van der Waals surface area contributed by atoms with Crippen LogP contribution in [0.5, 0.6) is 0 Å². The number of aliphatic imine (C=N–C) groups is 1. The summed E-state index contributed by atoms with van der Waals surface area (Å²) in [5.74, 6) is 0.620. The molecule has 1 atom stereocenters. The van der Waals surface area contributed by atoms with Crippen molar-refractivity contribution in [1.82, 2.24) is 5.32 Å². The van der Waals surface area contributed by atoms with E-state index < -0.39 is 0 Å². The zero-order valence-electron chi connectivity index (χ0n) is 7.99. The van der Waals surface area contributed by atoms with Gasteiger partial charge in [-0.2, -0.15) is 0 Å². The number of rotatable bonds is 5. The predicted molar refractivity (Wildman–Crippen MR) is 55.8 cm³/mol. The number of hydrogen-bond donors (Lipinski definition) is 1. The van der Waals surface area contributed by atoms with E-state index in [9.17, 15) is 4.79 Å². The van der Waals surface area contributed by atoms with Crippen molar-refractivity contribution < 1.29 is 6.22 Å². The molecule has 1 aliphatic rings. The molecule has 0 aromatic heterocycles. The lowest BCUT2D eigenvalue weighted by Crippen LogP contribution is -2.23. The van der Waals surface area contributed by atoms with Crippen LogP contribution in [-0.2, 0) is 4.79 Å². The minimum Gasteiger partial charge on any atom is -0.356 e. The number of nitrogens with zero attached hydrogens (tertiary/aromatic N) is 1. The van der Waals surface area contributed by atoms with E-state index in [1.165, 1.54) is 0 Å². The van der Waals surface area contributed by atoms with Crippen molar-refractivity contribution in [3.63, 3.8) is 0 Å². The summed E-state index contributed by atoms with van der Waals surface area (Å²) in [5.41, 5.74) is 0. The van der Waals surface area contributed by atoms with Crippen molar-refractivity contribution in [2.45, 2.75) is 26.2 Å². The minimum atomic E-state index is 0. The Morgan fingerprint density at radius 2 is 2.54 bits per heavy atom. The molecule has 13 heavy (non-hydrogen) atoms. The van der Waals surface area contributed by atoms with Gasteiger partial charge < -0.3 is 5.32 Å². The number of hydrogen-bond acceptors (Lipinski definition) is 2. The van der Waals surface area contributed by atoms with Crippen LogP contribution in [0.2, 0.25) is 0 Å². The topological polar surface area (TPSA) is 41.5 Å². The third-order valence-corrected chi connectivity index (χ3v) is 2.05. The summed E-state index contributed by atoms with van der Waals surface area (Å²) < 4.78 is 0. The largest absolute Gasteiger partial charge is 0.356 e. The van der Waals surface area contributed by atoms with E-state index in [2.05, 4.69) is 16.4 Å². The molecule has 1 unspecified atom stereocenters. The van der Waals surface area contributed by atoms with Gasteiger partial charge in [-0.1, -0.05) is 13.0 Å². The van der Waals surface area contributed by atoms with Gasteiger partial charge in [0.05, 0.1) is 0 Å². The van der Waals surface area contributed by atoms with Crippen LogP contribution in [0.15, 0.2) is 17.3 Å². The van der Waals surface area contributed by atoms with E-state index >= 15 is 0 Å². The number of amides is 1. The van der Waals surface area contributed by atoms with Crippen LogP contribution in [0, 0.1) is 5.92 Å². The Bertz CT molecular complexity index is 214. The molecule has 74 valence electrons. The first-order valence-electron chi connectivity index (χ1n) is 4.79. The third kappa shape index (κ3) is 3.87. The fourth-order valence-electron chi connectivity index (χ4n) is 1.23. The van der Waals surface area contributed by atoms with Crippen molar-refractivity contribution >= 4 is 12.1 Å². The zero-order valence-corrected chi connectivity index (χ0v) is 7.99. The van der Waals surface area contributed by atoms with Gasteiger partial charge in [-0.25, -0.2) is 0 Å². The van der Waals surface area contributed by atoms with Gasteiger partial charge in [0.2, 0.25) is 5.91 Å². The van der Waals surface area contributed by atoms with Crippen LogP contribution in [-0.4, -0.2) is 18.7 Å². The summed E-state index contributed by atoms with van der Waals surface area (Å²) in [6, 6.07) is 0. The van der Waals surface area contributed by atoms with E-state index in [4.69, 9.17) is 0 Å².